The number of carbonyl (C=O) groups is 2. The van der Waals surface area contributed by atoms with Gasteiger partial charge in [0.2, 0.25) is 11.8 Å². The minimum Gasteiger partial charge on any atom is -0.423 e. The predicted molar refractivity (Wildman–Crippen MR) is 166 cm³/mol. The molecular weight excluding hydrogens is 570 g/mol. The van der Waals surface area contributed by atoms with E-state index in [4.69, 9.17) is 9.15 Å². The first-order valence-electron chi connectivity index (χ1n) is 16.7. The van der Waals surface area contributed by atoms with Gasteiger partial charge in [-0.1, -0.05) is 44.7 Å². The number of hydrogen-bond donors (Lipinski definition) is 1. The summed E-state index contributed by atoms with van der Waals surface area (Å²) in [5, 5.41) is 16.5. The number of amides is 2. The largest absolute Gasteiger partial charge is 0.423 e. The number of aromatic nitrogens is 4. The molecule has 2 amide bonds. The fourth-order valence-corrected chi connectivity index (χ4v) is 8.85. The highest BCUT2D eigenvalue weighted by molar-refractivity contribution is 6.01. The molecule has 0 radical (unpaired) electrons. The molecule has 11 nitrogen and oxygen atoms in total. The Morgan fingerprint density at radius 3 is 2.56 bits per heavy atom. The monoisotopic (exact) mass is 614 g/mol. The van der Waals surface area contributed by atoms with Crippen molar-refractivity contribution >= 4 is 17.5 Å². The van der Waals surface area contributed by atoms with Crippen LogP contribution in [-0.2, 0) is 16.6 Å². The average Bonchev–Trinajstić information content (AvgIpc) is 3.27. The number of aryl methyl sites for hydroxylation is 1. The van der Waals surface area contributed by atoms with Crippen molar-refractivity contribution in [2.75, 3.05) is 33.4 Å². The molecule has 45 heavy (non-hydrogen) atoms. The SMILES string of the molecule is Cn1nccc1C(=O)N[C@@H]1C(=O)[N+](C)(c2cccc(C(c3nnc(C4CCC4)o3)N3CCOCC3)c2)C2CC2(C)C1C1CCC1. The van der Waals surface area contributed by atoms with Crippen LogP contribution in [0.15, 0.2) is 40.9 Å². The van der Waals surface area contributed by atoms with Crippen molar-refractivity contribution in [3.63, 3.8) is 0 Å². The zero-order chi connectivity index (χ0) is 30.9. The summed E-state index contributed by atoms with van der Waals surface area (Å²) in [6.45, 7) is 5.15. The molecule has 5 unspecified atom stereocenters. The number of likely N-dealkylation sites (N-methyl/N-ethyl adjacent to an activating group) is 1. The molecule has 4 heterocycles. The summed E-state index contributed by atoms with van der Waals surface area (Å²) in [4.78, 5) is 30.8. The van der Waals surface area contributed by atoms with Gasteiger partial charge in [0.05, 0.1) is 20.3 Å². The van der Waals surface area contributed by atoms with Crippen molar-refractivity contribution in [2.24, 2.45) is 24.3 Å². The van der Waals surface area contributed by atoms with Gasteiger partial charge in [-0.25, -0.2) is 9.28 Å². The van der Waals surface area contributed by atoms with E-state index < -0.39 is 6.04 Å². The molecular formula is C34H44N7O4+. The molecule has 2 aromatic heterocycles. The minimum absolute atomic E-state index is 0.0398. The van der Waals surface area contributed by atoms with Crippen LogP contribution in [0.2, 0.25) is 0 Å². The van der Waals surface area contributed by atoms with Crippen LogP contribution in [0.3, 0.4) is 0 Å². The minimum atomic E-state index is -0.578. The number of quaternary nitrogens is 1. The number of carbonyl (C=O) groups excluding carboxylic acids is 2. The van der Waals surface area contributed by atoms with E-state index in [0.29, 0.717) is 36.6 Å². The summed E-state index contributed by atoms with van der Waals surface area (Å²) in [5.74, 6) is 2.09. The molecule has 0 spiro atoms. The first-order chi connectivity index (χ1) is 21.8. The van der Waals surface area contributed by atoms with Gasteiger partial charge in [0.25, 0.3) is 5.91 Å². The highest BCUT2D eigenvalue weighted by Gasteiger charge is 2.75. The molecule has 2 saturated heterocycles. The summed E-state index contributed by atoms with van der Waals surface area (Å²) in [6, 6.07) is 9.48. The Kier molecular flexibility index (Phi) is 6.99. The van der Waals surface area contributed by atoms with Gasteiger partial charge in [0, 0.05) is 56.1 Å². The number of morpholine rings is 1. The molecule has 3 saturated carbocycles. The van der Waals surface area contributed by atoms with E-state index >= 15 is 0 Å². The van der Waals surface area contributed by atoms with Crippen LogP contribution in [0.4, 0.5) is 5.69 Å². The number of fused-ring (bicyclic) bond motifs is 1. The lowest BCUT2D eigenvalue weighted by molar-refractivity contribution is -0.140. The van der Waals surface area contributed by atoms with E-state index in [-0.39, 0.29) is 39.7 Å². The highest BCUT2D eigenvalue weighted by Crippen LogP contribution is 2.66. The molecule has 6 atom stereocenters. The standard InChI is InChI=1S/C34H43N7O4/c1-34-20-26(34)41(3,33(43)28(27(34)21-7-4-8-21)36-30(42)25-13-14-35-39(25)2)24-12-6-11-23(19-24)29(40-15-17-44-18-16-40)32-38-37-31(45-32)22-9-5-10-22/h6,11-14,19,21-22,26-29H,4-5,7-10,15-18,20H2,1-3H3/p+1/t26?,27?,28-,29?,34?,41?/m0/s1. The Morgan fingerprint density at radius 2 is 1.89 bits per heavy atom. The maximum atomic E-state index is 14.9. The maximum Gasteiger partial charge on any atom is 0.341 e. The number of benzene rings is 1. The van der Waals surface area contributed by atoms with E-state index in [1.165, 1.54) is 12.8 Å². The topological polar surface area (TPSA) is 115 Å². The fraction of sp³-hybridized carbons (Fsp3) is 0.618. The fourth-order valence-electron chi connectivity index (χ4n) is 8.85. The second-order valence-corrected chi connectivity index (χ2v) is 14.4. The second-order valence-electron chi connectivity index (χ2n) is 14.4. The van der Waals surface area contributed by atoms with Gasteiger partial charge in [-0.15, -0.1) is 10.2 Å². The van der Waals surface area contributed by atoms with Gasteiger partial charge in [-0.3, -0.25) is 14.4 Å². The summed E-state index contributed by atoms with van der Waals surface area (Å²) in [6.07, 6.45) is 9.39. The van der Waals surface area contributed by atoms with E-state index in [1.807, 2.05) is 0 Å². The van der Waals surface area contributed by atoms with Crippen LogP contribution < -0.4 is 9.80 Å². The first kappa shape index (κ1) is 29.0. The molecule has 3 aliphatic carbocycles. The summed E-state index contributed by atoms with van der Waals surface area (Å²) in [7, 11) is 3.82. The third-order valence-corrected chi connectivity index (χ3v) is 12.0. The third-order valence-electron chi connectivity index (χ3n) is 12.0. The molecule has 5 aliphatic rings. The summed E-state index contributed by atoms with van der Waals surface area (Å²) >= 11 is 0. The van der Waals surface area contributed by atoms with Crippen LogP contribution in [0.5, 0.6) is 0 Å². The van der Waals surface area contributed by atoms with Gasteiger partial charge < -0.3 is 14.5 Å². The van der Waals surface area contributed by atoms with E-state index in [0.717, 1.165) is 62.3 Å². The van der Waals surface area contributed by atoms with Crippen LogP contribution in [0.1, 0.15) is 91.7 Å². The lowest BCUT2D eigenvalue weighted by Gasteiger charge is -2.49. The molecule has 8 rings (SSSR count). The lowest BCUT2D eigenvalue weighted by atomic mass is 9.64. The Morgan fingerprint density at radius 1 is 1.11 bits per heavy atom. The number of nitrogens with zero attached hydrogens (tertiary/aromatic N) is 6. The quantitative estimate of drug-likeness (QED) is 0.379. The van der Waals surface area contributed by atoms with Gasteiger partial charge in [0.15, 0.2) is 0 Å². The van der Waals surface area contributed by atoms with Crippen molar-refractivity contribution in [1.82, 2.24) is 34.7 Å². The molecule has 11 heteroatoms. The molecule has 0 bridgehead atoms. The normalized spacial score (nSPS) is 32.8. The van der Waals surface area contributed by atoms with Crippen molar-refractivity contribution in [3.8, 4) is 0 Å². The molecule has 2 aliphatic heterocycles. The Labute approximate surface area is 263 Å². The molecule has 3 aromatic rings. The van der Waals surface area contributed by atoms with Crippen LogP contribution in [-0.4, -0.2) is 82.1 Å². The van der Waals surface area contributed by atoms with Crippen LogP contribution in [0, 0.1) is 17.3 Å². The average molecular weight is 615 g/mol. The highest BCUT2D eigenvalue weighted by atomic mass is 16.5. The van der Waals surface area contributed by atoms with Gasteiger partial charge in [-0.2, -0.15) is 5.10 Å². The van der Waals surface area contributed by atoms with Crippen molar-refractivity contribution in [3.05, 3.63) is 59.6 Å². The van der Waals surface area contributed by atoms with Crippen molar-refractivity contribution < 1.29 is 18.7 Å². The number of likely N-dealkylation sites (tertiary alicyclic amines) is 1. The molecule has 238 valence electrons. The number of nitrogens with one attached hydrogen (secondary N) is 1. The lowest BCUT2D eigenvalue weighted by Crippen LogP contribution is -2.69. The number of ether oxygens (including phenoxy) is 1. The smallest absolute Gasteiger partial charge is 0.341 e. The number of rotatable bonds is 8. The molecule has 1 aromatic carbocycles. The summed E-state index contributed by atoms with van der Waals surface area (Å²) in [5.41, 5.74) is 2.39. The van der Waals surface area contributed by atoms with Crippen LogP contribution >= 0.6 is 0 Å². The third kappa shape index (κ3) is 4.60. The Bertz CT molecular complexity index is 1600. The van der Waals surface area contributed by atoms with E-state index in [1.54, 1.807) is 24.0 Å². The molecule has 1 N–H and O–H groups in total. The van der Waals surface area contributed by atoms with E-state index in [9.17, 15) is 9.59 Å². The maximum absolute atomic E-state index is 14.9. The number of hydrogen-bond acceptors (Lipinski definition) is 8. The second kappa shape index (κ2) is 10.8. The van der Waals surface area contributed by atoms with Crippen LogP contribution in [0.25, 0.3) is 0 Å². The van der Waals surface area contributed by atoms with Crippen molar-refractivity contribution in [1.29, 1.82) is 0 Å². The zero-order valence-electron chi connectivity index (χ0n) is 26.5. The number of piperidine rings is 1. The van der Waals surface area contributed by atoms with Gasteiger partial charge >= 0.3 is 5.91 Å². The summed E-state index contributed by atoms with van der Waals surface area (Å²) < 4.78 is 13.8. The van der Waals surface area contributed by atoms with Gasteiger partial charge in [-0.05, 0) is 36.5 Å². The van der Waals surface area contributed by atoms with Gasteiger partial charge in [0.1, 0.15) is 29.5 Å². The zero-order valence-corrected chi connectivity index (χ0v) is 26.5. The Hall–Kier alpha value is -3.41. The first-order valence-corrected chi connectivity index (χ1v) is 16.7. The predicted octanol–water partition coefficient (Wildman–Crippen LogP) is 3.96. The van der Waals surface area contributed by atoms with Crippen molar-refractivity contribution in [2.45, 2.75) is 75.9 Å². The Balaban J connectivity index is 1.16. The molecule has 5 fully saturated rings. The van der Waals surface area contributed by atoms with E-state index in [2.05, 4.69) is 63.7 Å².